The molecule has 2 N–H and O–H groups in total. The Bertz CT molecular complexity index is 1050. The highest BCUT2D eigenvalue weighted by atomic mass is 79.9. The van der Waals surface area contributed by atoms with Crippen molar-refractivity contribution in [3.05, 3.63) is 69.5 Å². The van der Waals surface area contributed by atoms with Crippen LogP contribution in [0.2, 0.25) is 5.02 Å². The normalized spacial score (nSPS) is 12.3. The van der Waals surface area contributed by atoms with Gasteiger partial charge < -0.3 is 19.8 Å². The third-order valence-electron chi connectivity index (χ3n) is 3.69. The maximum Gasteiger partial charge on any atom is 0.291 e. The molecule has 0 unspecified atom stereocenters. The molecule has 0 spiro atoms. The van der Waals surface area contributed by atoms with Crippen molar-refractivity contribution < 1.29 is 18.7 Å². The average Bonchev–Trinajstić information content (AvgIpc) is 2.99. The van der Waals surface area contributed by atoms with E-state index in [4.69, 9.17) is 20.8 Å². The van der Waals surface area contributed by atoms with Crippen LogP contribution >= 0.6 is 27.5 Å². The Hall–Kier alpha value is -2.77. The molecule has 26 heavy (non-hydrogen) atoms. The van der Waals surface area contributed by atoms with Crippen LogP contribution in [0, 0.1) is 0 Å². The van der Waals surface area contributed by atoms with Gasteiger partial charge in [-0.3, -0.25) is 9.59 Å². The smallest absolute Gasteiger partial charge is 0.291 e. The molecule has 3 aromatic rings. The Morgan fingerprint density at radius 3 is 2.65 bits per heavy atom. The van der Waals surface area contributed by atoms with E-state index in [1.54, 1.807) is 42.5 Å². The van der Waals surface area contributed by atoms with E-state index in [1.165, 1.54) is 6.07 Å². The van der Waals surface area contributed by atoms with Crippen molar-refractivity contribution >= 4 is 50.7 Å². The summed E-state index contributed by atoms with van der Waals surface area (Å²) in [6.45, 7) is 0. The minimum absolute atomic E-state index is 0.148. The second-order valence-corrected chi connectivity index (χ2v) is 6.68. The molecule has 0 fully saturated rings. The number of fused-ring (bicyclic) bond motifs is 2. The molecule has 0 saturated heterocycles. The zero-order chi connectivity index (χ0) is 18.3. The maximum atomic E-state index is 12.5. The van der Waals surface area contributed by atoms with Crippen molar-refractivity contribution in [3.8, 4) is 11.5 Å². The summed E-state index contributed by atoms with van der Waals surface area (Å²) in [5.41, 5.74) is 1.20. The highest BCUT2D eigenvalue weighted by molar-refractivity contribution is 9.10. The second-order valence-electron chi connectivity index (χ2n) is 5.47. The molecule has 0 bridgehead atoms. The van der Waals surface area contributed by atoms with Crippen molar-refractivity contribution in [3.63, 3.8) is 0 Å². The van der Waals surface area contributed by atoms with Gasteiger partial charge in [-0.05, 0) is 64.5 Å². The summed E-state index contributed by atoms with van der Waals surface area (Å²) in [5, 5.41) is 5.91. The van der Waals surface area contributed by atoms with Crippen LogP contribution in [0.15, 0.2) is 57.6 Å². The number of halogens is 2. The summed E-state index contributed by atoms with van der Waals surface area (Å²) in [4.78, 5) is 24.7. The summed E-state index contributed by atoms with van der Waals surface area (Å²) < 4.78 is 11.5. The van der Waals surface area contributed by atoms with E-state index in [1.807, 2.05) is 0 Å². The van der Waals surface area contributed by atoms with Crippen LogP contribution in [0.4, 0.5) is 11.4 Å². The molecule has 1 aromatic heterocycles. The van der Waals surface area contributed by atoms with Gasteiger partial charge in [0, 0.05) is 10.7 Å². The number of nitrogens with one attached hydrogen (secondary N) is 2. The van der Waals surface area contributed by atoms with Crippen molar-refractivity contribution in [1.29, 1.82) is 0 Å². The molecular weight excluding hydrogens is 424 g/mol. The molecule has 130 valence electrons. The molecule has 0 radical (unpaired) electrons. The number of amides is 2. The van der Waals surface area contributed by atoms with E-state index in [-0.39, 0.29) is 17.2 Å². The van der Waals surface area contributed by atoms with E-state index in [9.17, 15) is 9.59 Å². The van der Waals surface area contributed by atoms with Crippen molar-refractivity contribution in [1.82, 2.24) is 0 Å². The predicted octanol–water partition coefficient (Wildman–Crippen LogP) is 5.31. The van der Waals surface area contributed by atoms with Crippen LogP contribution in [0.5, 0.6) is 11.5 Å². The first-order valence-electron chi connectivity index (χ1n) is 7.49. The quantitative estimate of drug-likeness (QED) is 0.574. The fraction of sp³-hybridized carbons (Fsp3) is 0. The van der Waals surface area contributed by atoms with Crippen molar-refractivity contribution in [2.24, 2.45) is 0 Å². The van der Waals surface area contributed by atoms with Gasteiger partial charge >= 0.3 is 0 Å². The molecular formula is C18H10BrClN2O4. The molecule has 0 aliphatic carbocycles. The van der Waals surface area contributed by atoms with Gasteiger partial charge in [0.1, 0.15) is 5.75 Å². The fourth-order valence-corrected chi connectivity index (χ4v) is 2.98. The minimum Gasteiger partial charge on any atom is -0.454 e. The summed E-state index contributed by atoms with van der Waals surface area (Å²) >= 11 is 9.11. The summed E-state index contributed by atoms with van der Waals surface area (Å²) in [7, 11) is 0. The Labute approximate surface area is 161 Å². The van der Waals surface area contributed by atoms with Gasteiger partial charge in [-0.1, -0.05) is 11.6 Å². The van der Waals surface area contributed by atoms with E-state index >= 15 is 0 Å². The largest absolute Gasteiger partial charge is 0.454 e. The highest BCUT2D eigenvalue weighted by Crippen LogP contribution is 2.38. The summed E-state index contributed by atoms with van der Waals surface area (Å²) in [5.74, 6) is 0.217. The van der Waals surface area contributed by atoms with E-state index in [0.717, 1.165) is 0 Å². The first-order valence-corrected chi connectivity index (χ1v) is 8.66. The predicted molar refractivity (Wildman–Crippen MR) is 100 cm³/mol. The van der Waals surface area contributed by atoms with Crippen LogP contribution < -0.4 is 15.4 Å². The van der Waals surface area contributed by atoms with Gasteiger partial charge in [-0.2, -0.15) is 0 Å². The number of anilines is 2. The number of carbonyl (C=O) groups is 2. The van der Waals surface area contributed by atoms with E-state index in [2.05, 4.69) is 26.6 Å². The third-order valence-corrected chi connectivity index (χ3v) is 4.35. The van der Waals surface area contributed by atoms with Gasteiger partial charge in [0.2, 0.25) is 0 Å². The molecule has 2 amide bonds. The zero-order valence-electron chi connectivity index (χ0n) is 13.0. The Morgan fingerprint density at radius 1 is 1.08 bits per heavy atom. The standard InChI is InChI=1S/C18H10BrClN2O4/c19-16-6-5-15(26-16)18(24)21-10-2-4-13-11(8-10)17(23)22-12-7-9(20)1-3-14(12)25-13/h1-8H,(H,21,24)(H,22,23). The molecule has 0 atom stereocenters. The lowest BCUT2D eigenvalue weighted by Crippen LogP contribution is -2.13. The Balaban J connectivity index is 1.63. The van der Waals surface area contributed by atoms with Crippen LogP contribution in [0.3, 0.4) is 0 Å². The Kier molecular flexibility index (Phi) is 4.18. The second kappa shape index (κ2) is 6.51. The molecule has 1 aliphatic heterocycles. The van der Waals surface area contributed by atoms with Gasteiger partial charge in [0.25, 0.3) is 11.8 Å². The van der Waals surface area contributed by atoms with Gasteiger partial charge in [0.05, 0.1) is 11.3 Å². The van der Waals surface area contributed by atoms with E-state index in [0.29, 0.717) is 32.6 Å². The topological polar surface area (TPSA) is 80.6 Å². The molecule has 0 saturated carbocycles. The van der Waals surface area contributed by atoms with Crippen LogP contribution in [0.1, 0.15) is 20.9 Å². The van der Waals surface area contributed by atoms with Crippen LogP contribution in [0.25, 0.3) is 0 Å². The number of hydrogen-bond donors (Lipinski definition) is 2. The maximum absolute atomic E-state index is 12.5. The number of carbonyl (C=O) groups excluding carboxylic acids is 2. The summed E-state index contributed by atoms with van der Waals surface area (Å²) in [6, 6.07) is 12.9. The molecule has 6 nitrogen and oxygen atoms in total. The average molecular weight is 434 g/mol. The number of benzene rings is 2. The third kappa shape index (κ3) is 3.18. The molecule has 2 aromatic carbocycles. The minimum atomic E-state index is -0.430. The Morgan fingerprint density at radius 2 is 1.88 bits per heavy atom. The number of furan rings is 1. The number of hydrogen-bond acceptors (Lipinski definition) is 4. The lowest BCUT2D eigenvalue weighted by molar-refractivity contribution is 0.0992. The first kappa shape index (κ1) is 16.7. The van der Waals surface area contributed by atoms with Gasteiger partial charge in [-0.25, -0.2) is 0 Å². The monoisotopic (exact) mass is 432 g/mol. The van der Waals surface area contributed by atoms with Crippen LogP contribution in [-0.2, 0) is 0 Å². The SMILES string of the molecule is O=C(Nc1ccc2c(c1)C(=O)Nc1cc(Cl)ccc1O2)c1ccc(Br)o1. The molecule has 2 heterocycles. The first-order chi connectivity index (χ1) is 12.5. The molecule has 8 heteroatoms. The highest BCUT2D eigenvalue weighted by Gasteiger charge is 2.22. The molecule has 4 rings (SSSR count). The zero-order valence-corrected chi connectivity index (χ0v) is 15.3. The number of rotatable bonds is 2. The van der Waals surface area contributed by atoms with Gasteiger partial charge in [0.15, 0.2) is 16.2 Å². The number of ether oxygens (including phenoxy) is 1. The van der Waals surface area contributed by atoms with Crippen molar-refractivity contribution in [2.75, 3.05) is 10.6 Å². The molecule has 1 aliphatic rings. The van der Waals surface area contributed by atoms with Crippen molar-refractivity contribution in [2.45, 2.75) is 0 Å². The van der Waals surface area contributed by atoms with Gasteiger partial charge in [-0.15, -0.1) is 0 Å². The lowest BCUT2D eigenvalue weighted by atomic mass is 10.1. The lowest BCUT2D eigenvalue weighted by Gasteiger charge is -2.09. The fourth-order valence-electron chi connectivity index (χ4n) is 2.50. The van der Waals surface area contributed by atoms with Crippen LogP contribution in [-0.4, -0.2) is 11.8 Å². The summed E-state index contributed by atoms with van der Waals surface area (Å²) in [6.07, 6.45) is 0. The van der Waals surface area contributed by atoms with E-state index < -0.39 is 5.91 Å².